The molecule has 0 spiro atoms. The zero-order chi connectivity index (χ0) is 26.2. The Hall–Kier alpha value is -1.64. The second-order valence-electron chi connectivity index (χ2n) is 14.3. The van der Waals surface area contributed by atoms with Crippen molar-refractivity contribution in [2.75, 3.05) is 0 Å². The number of ether oxygens (including phenoxy) is 2. The van der Waals surface area contributed by atoms with Crippen molar-refractivity contribution in [2.45, 2.75) is 146 Å². The van der Waals surface area contributed by atoms with E-state index in [1.807, 2.05) is 0 Å². The molecule has 2 fully saturated rings. The lowest BCUT2D eigenvalue weighted by molar-refractivity contribution is -0.0740. The van der Waals surface area contributed by atoms with E-state index in [1.165, 1.54) is 54.4 Å². The molecule has 2 saturated heterocycles. The second-order valence-corrected chi connectivity index (χ2v) is 14.3. The van der Waals surface area contributed by atoms with Gasteiger partial charge in [-0.15, -0.1) is 0 Å². The van der Waals surface area contributed by atoms with Crippen LogP contribution in [0.1, 0.15) is 124 Å². The van der Waals surface area contributed by atoms with Gasteiger partial charge in [-0.3, -0.25) is 0 Å². The third-order valence-corrected chi connectivity index (χ3v) is 13.4. The molecule has 6 bridgehead atoms. The molecule has 0 N–H and O–H groups in total. The summed E-state index contributed by atoms with van der Waals surface area (Å²) in [5.74, 6) is 0. The smallest absolute Gasteiger partial charge is 0.0906 e. The van der Waals surface area contributed by atoms with E-state index in [-0.39, 0.29) is 33.2 Å². The molecule has 6 atom stereocenters. The van der Waals surface area contributed by atoms with E-state index in [9.17, 15) is 0 Å². The standard InChI is InChI=1S/C35H46O2/c1-22-24(3)32(21-30(22,7)28-11-9-10-12-29(28)32)14-16-34-19-20-35(37-34,27(6)26(34)5)18-17-33-15-13-31(8,36-33)23(2)25(33)4/h9-12H,13-21H2,1-8H3. The van der Waals surface area contributed by atoms with Crippen molar-refractivity contribution in [1.82, 2.24) is 0 Å². The molecule has 1 aromatic rings. The Kier molecular flexibility index (Phi) is 4.69. The maximum atomic E-state index is 7.30. The molecule has 2 heteroatoms. The summed E-state index contributed by atoms with van der Waals surface area (Å²) >= 11 is 0. The molecular weight excluding hydrogens is 452 g/mol. The van der Waals surface area contributed by atoms with Gasteiger partial charge in [0, 0.05) is 10.8 Å². The highest BCUT2D eigenvalue weighted by Crippen LogP contribution is 2.67. The van der Waals surface area contributed by atoms with Crippen molar-refractivity contribution in [2.24, 2.45) is 0 Å². The fourth-order valence-electron chi connectivity index (χ4n) is 10.3. The van der Waals surface area contributed by atoms with Crippen LogP contribution in [0.25, 0.3) is 0 Å². The van der Waals surface area contributed by atoms with E-state index in [0.29, 0.717) is 0 Å². The minimum atomic E-state index is -0.0891. The van der Waals surface area contributed by atoms with Crippen LogP contribution < -0.4 is 0 Å². The third-order valence-electron chi connectivity index (χ3n) is 13.4. The quantitative estimate of drug-likeness (QED) is 0.365. The Morgan fingerprint density at radius 3 is 1.68 bits per heavy atom. The summed E-state index contributed by atoms with van der Waals surface area (Å²) in [7, 11) is 0. The summed E-state index contributed by atoms with van der Waals surface area (Å²) in [5, 5.41) is 0. The molecular formula is C35H46O2. The van der Waals surface area contributed by atoms with Gasteiger partial charge >= 0.3 is 0 Å². The summed E-state index contributed by atoms with van der Waals surface area (Å²) in [4.78, 5) is 0. The lowest BCUT2D eigenvalue weighted by atomic mass is 9.68. The van der Waals surface area contributed by atoms with Crippen LogP contribution in [0.2, 0.25) is 0 Å². The average Bonchev–Trinajstić information content (AvgIpc) is 3.65. The van der Waals surface area contributed by atoms with Crippen LogP contribution in [0.3, 0.4) is 0 Å². The van der Waals surface area contributed by atoms with Gasteiger partial charge in [0.25, 0.3) is 0 Å². The first-order valence-corrected chi connectivity index (χ1v) is 14.9. The Morgan fingerprint density at radius 1 is 0.568 bits per heavy atom. The topological polar surface area (TPSA) is 18.5 Å². The van der Waals surface area contributed by atoms with Crippen LogP contribution in [0, 0.1) is 0 Å². The van der Waals surface area contributed by atoms with Crippen LogP contribution in [-0.2, 0) is 20.3 Å². The number of hydrogen-bond acceptors (Lipinski definition) is 2. The third kappa shape index (κ3) is 2.70. The highest BCUT2D eigenvalue weighted by atomic mass is 16.5. The Bertz CT molecular complexity index is 1330. The molecule has 6 aliphatic rings. The van der Waals surface area contributed by atoms with Crippen molar-refractivity contribution in [3.05, 3.63) is 68.8 Å². The van der Waals surface area contributed by atoms with Gasteiger partial charge in [-0.2, -0.15) is 0 Å². The summed E-state index contributed by atoms with van der Waals surface area (Å²) < 4.78 is 14.1. The van der Waals surface area contributed by atoms with Crippen LogP contribution in [0.5, 0.6) is 0 Å². The monoisotopic (exact) mass is 498 g/mol. The first-order valence-electron chi connectivity index (χ1n) is 14.9. The van der Waals surface area contributed by atoms with E-state index < -0.39 is 0 Å². The van der Waals surface area contributed by atoms with Crippen LogP contribution in [0.4, 0.5) is 0 Å². The van der Waals surface area contributed by atoms with Crippen molar-refractivity contribution in [1.29, 1.82) is 0 Å². The van der Waals surface area contributed by atoms with Crippen LogP contribution in [-0.4, -0.2) is 22.4 Å². The highest BCUT2D eigenvalue weighted by Gasteiger charge is 2.62. The van der Waals surface area contributed by atoms with Crippen molar-refractivity contribution >= 4 is 0 Å². The molecule has 0 saturated carbocycles. The molecule has 0 amide bonds. The summed E-state index contributed by atoms with van der Waals surface area (Å²) in [6.45, 7) is 19.0. The molecule has 4 heterocycles. The lowest BCUT2D eigenvalue weighted by Gasteiger charge is -2.36. The minimum Gasteiger partial charge on any atom is -0.360 e. The maximum Gasteiger partial charge on any atom is 0.0906 e. The number of rotatable bonds is 6. The first kappa shape index (κ1) is 24.4. The predicted octanol–water partition coefficient (Wildman–Crippen LogP) is 8.79. The molecule has 4 aliphatic heterocycles. The van der Waals surface area contributed by atoms with Gasteiger partial charge in [-0.1, -0.05) is 42.3 Å². The fourth-order valence-corrected chi connectivity index (χ4v) is 10.3. The lowest BCUT2D eigenvalue weighted by Crippen LogP contribution is -2.35. The zero-order valence-corrected chi connectivity index (χ0v) is 24.5. The first-order chi connectivity index (χ1) is 17.4. The van der Waals surface area contributed by atoms with Crippen molar-refractivity contribution in [3.8, 4) is 0 Å². The van der Waals surface area contributed by atoms with Crippen LogP contribution in [0.15, 0.2) is 57.7 Å². The van der Waals surface area contributed by atoms with E-state index in [1.54, 1.807) is 22.3 Å². The van der Waals surface area contributed by atoms with E-state index in [2.05, 4.69) is 79.7 Å². The highest BCUT2D eigenvalue weighted by molar-refractivity contribution is 5.62. The van der Waals surface area contributed by atoms with Crippen molar-refractivity contribution < 1.29 is 9.47 Å². The number of hydrogen-bond donors (Lipinski definition) is 0. The van der Waals surface area contributed by atoms with Crippen LogP contribution >= 0.6 is 0 Å². The zero-order valence-electron chi connectivity index (χ0n) is 24.5. The number of allylic oxidation sites excluding steroid dienone is 2. The molecule has 1 aromatic carbocycles. The van der Waals surface area contributed by atoms with Gasteiger partial charge in [0.1, 0.15) is 0 Å². The molecule has 2 aliphatic carbocycles. The summed E-state index contributed by atoms with van der Waals surface area (Å²) in [6.07, 6.45) is 10.4. The van der Waals surface area contributed by atoms with E-state index in [4.69, 9.17) is 9.47 Å². The van der Waals surface area contributed by atoms with Gasteiger partial charge in [0.05, 0.1) is 22.4 Å². The number of benzene rings is 1. The Balaban J connectivity index is 1.14. The second kappa shape index (κ2) is 7.11. The largest absolute Gasteiger partial charge is 0.360 e. The van der Waals surface area contributed by atoms with Crippen molar-refractivity contribution in [3.63, 3.8) is 0 Å². The fraction of sp³-hybridized carbons (Fsp3) is 0.657. The Morgan fingerprint density at radius 2 is 1.08 bits per heavy atom. The molecule has 37 heavy (non-hydrogen) atoms. The maximum absolute atomic E-state index is 7.30. The molecule has 2 nitrogen and oxygen atoms in total. The normalized spacial score (nSPS) is 45.3. The summed E-state index contributed by atoms with van der Waals surface area (Å²) in [6, 6.07) is 9.30. The van der Waals surface area contributed by atoms with Gasteiger partial charge in [-0.25, -0.2) is 0 Å². The van der Waals surface area contributed by atoms with Gasteiger partial charge in [0.15, 0.2) is 0 Å². The van der Waals surface area contributed by atoms with Gasteiger partial charge in [-0.05, 0) is 140 Å². The Labute approximate surface area is 224 Å². The average molecular weight is 499 g/mol. The molecule has 0 aromatic heterocycles. The van der Waals surface area contributed by atoms with Gasteiger partial charge in [0.2, 0.25) is 0 Å². The molecule has 198 valence electrons. The number of fused-ring (bicyclic) bond motifs is 9. The minimum absolute atomic E-state index is 0.0330. The SMILES string of the molecule is CC1=C(C)C2(CCC34CCC(CCC56CC(C)(C(C)=C5C)c5ccccc56)(O3)C(C)=C4C)CCC1(C)O2. The predicted molar refractivity (Wildman–Crippen MR) is 151 cm³/mol. The molecule has 6 unspecified atom stereocenters. The molecule has 0 radical (unpaired) electrons. The van der Waals surface area contributed by atoms with Gasteiger partial charge < -0.3 is 9.47 Å². The summed E-state index contributed by atoms with van der Waals surface area (Å²) in [5.41, 5.74) is 12.6. The van der Waals surface area contributed by atoms with E-state index in [0.717, 1.165) is 25.7 Å². The van der Waals surface area contributed by atoms with E-state index >= 15 is 0 Å². The molecule has 7 rings (SSSR count).